The first-order valence-corrected chi connectivity index (χ1v) is 7.28. The van der Waals surface area contributed by atoms with Gasteiger partial charge in [0, 0.05) is 32.6 Å². The van der Waals surface area contributed by atoms with E-state index in [2.05, 4.69) is 10.2 Å². The molecule has 1 aromatic carbocycles. The van der Waals surface area contributed by atoms with Crippen LogP contribution in [0.1, 0.15) is 30.6 Å². The molecule has 5 heteroatoms. The standard InChI is InChI=1S/C16H22N2O3/c1-12(19)15-5-3-4-6-16(15)21-10-9-18-8-7-14(11-18)17-13(2)20/h3-6,14H,7-11H2,1-2H3,(H,17,20). The second-order valence-corrected chi connectivity index (χ2v) is 5.39. The van der Waals surface area contributed by atoms with Crippen LogP contribution < -0.4 is 10.1 Å². The van der Waals surface area contributed by atoms with Crippen molar-refractivity contribution in [3.63, 3.8) is 0 Å². The topological polar surface area (TPSA) is 58.6 Å². The highest BCUT2D eigenvalue weighted by molar-refractivity contribution is 5.96. The Morgan fingerprint density at radius 1 is 1.33 bits per heavy atom. The number of likely N-dealkylation sites (tertiary alicyclic amines) is 1. The van der Waals surface area contributed by atoms with E-state index in [1.165, 1.54) is 0 Å². The van der Waals surface area contributed by atoms with Crippen LogP contribution in [0.4, 0.5) is 0 Å². The van der Waals surface area contributed by atoms with E-state index < -0.39 is 0 Å². The molecule has 0 aromatic heterocycles. The Bertz CT molecular complexity index is 516. The molecule has 2 rings (SSSR count). The summed E-state index contributed by atoms with van der Waals surface area (Å²) in [5.74, 6) is 0.675. The van der Waals surface area contributed by atoms with Gasteiger partial charge in [-0.25, -0.2) is 0 Å². The lowest BCUT2D eigenvalue weighted by atomic mass is 10.1. The van der Waals surface area contributed by atoms with Crippen LogP contribution in [-0.2, 0) is 4.79 Å². The Kier molecular flexibility index (Phi) is 5.33. The summed E-state index contributed by atoms with van der Waals surface area (Å²) < 4.78 is 5.73. The van der Waals surface area contributed by atoms with Crippen molar-refractivity contribution in [2.75, 3.05) is 26.2 Å². The van der Waals surface area contributed by atoms with Gasteiger partial charge in [0.2, 0.25) is 5.91 Å². The monoisotopic (exact) mass is 290 g/mol. The highest BCUT2D eigenvalue weighted by Gasteiger charge is 2.22. The molecule has 0 aliphatic carbocycles. The number of hydrogen-bond acceptors (Lipinski definition) is 4. The van der Waals surface area contributed by atoms with Crippen molar-refractivity contribution >= 4 is 11.7 Å². The van der Waals surface area contributed by atoms with E-state index in [9.17, 15) is 9.59 Å². The Morgan fingerprint density at radius 2 is 2.10 bits per heavy atom. The molecule has 1 unspecified atom stereocenters. The van der Waals surface area contributed by atoms with Gasteiger partial charge in [-0.15, -0.1) is 0 Å². The molecule has 1 fully saturated rings. The van der Waals surface area contributed by atoms with Crippen molar-refractivity contribution in [2.24, 2.45) is 0 Å². The van der Waals surface area contributed by atoms with Gasteiger partial charge in [0.15, 0.2) is 5.78 Å². The van der Waals surface area contributed by atoms with Crippen molar-refractivity contribution < 1.29 is 14.3 Å². The highest BCUT2D eigenvalue weighted by Crippen LogP contribution is 2.18. The number of para-hydroxylation sites is 1. The quantitative estimate of drug-likeness (QED) is 0.806. The summed E-state index contributed by atoms with van der Waals surface area (Å²) in [6, 6.07) is 7.54. The molecule has 1 heterocycles. The van der Waals surface area contributed by atoms with Crippen LogP contribution in [0.5, 0.6) is 5.75 Å². The van der Waals surface area contributed by atoms with E-state index in [1.54, 1.807) is 19.9 Å². The predicted octanol–water partition coefficient (Wildman–Crippen LogP) is 1.48. The fourth-order valence-corrected chi connectivity index (χ4v) is 2.61. The number of nitrogens with one attached hydrogen (secondary N) is 1. The maximum absolute atomic E-state index is 11.5. The molecule has 1 atom stereocenters. The van der Waals surface area contributed by atoms with E-state index in [-0.39, 0.29) is 17.7 Å². The molecule has 0 saturated carbocycles. The number of benzene rings is 1. The zero-order valence-electron chi connectivity index (χ0n) is 12.6. The van der Waals surface area contributed by atoms with Gasteiger partial charge in [0.25, 0.3) is 0 Å². The summed E-state index contributed by atoms with van der Waals surface area (Å²) in [5.41, 5.74) is 0.620. The van der Waals surface area contributed by atoms with Crippen LogP contribution in [-0.4, -0.2) is 48.9 Å². The molecule has 1 saturated heterocycles. The second-order valence-electron chi connectivity index (χ2n) is 5.39. The summed E-state index contributed by atoms with van der Waals surface area (Å²) in [4.78, 5) is 24.8. The van der Waals surface area contributed by atoms with Crippen LogP contribution in [0.2, 0.25) is 0 Å². The van der Waals surface area contributed by atoms with Crippen molar-refractivity contribution in [3.8, 4) is 5.75 Å². The maximum atomic E-state index is 11.5. The van der Waals surface area contributed by atoms with Crippen LogP contribution in [0.15, 0.2) is 24.3 Å². The minimum atomic E-state index is 0.0116. The average molecular weight is 290 g/mol. The number of Topliss-reactive ketones (excluding diaryl/α,β-unsaturated/α-hetero) is 1. The van der Waals surface area contributed by atoms with Gasteiger partial charge in [-0.2, -0.15) is 0 Å². The average Bonchev–Trinajstić information content (AvgIpc) is 2.86. The Labute approximate surface area is 125 Å². The molecule has 21 heavy (non-hydrogen) atoms. The van der Waals surface area contributed by atoms with Crippen molar-refractivity contribution in [2.45, 2.75) is 26.3 Å². The number of rotatable bonds is 6. The van der Waals surface area contributed by atoms with Crippen molar-refractivity contribution in [1.82, 2.24) is 10.2 Å². The van der Waals surface area contributed by atoms with Crippen LogP contribution >= 0.6 is 0 Å². The Hall–Kier alpha value is -1.88. The van der Waals surface area contributed by atoms with Crippen molar-refractivity contribution in [3.05, 3.63) is 29.8 Å². The minimum Gasteiger partial charge on any atom is -0.491 e. The summed E-state index contributed by atoms with van der Waals surface area (Å²) in [5, 5.41) is 2.94. The number of hydrogen-bond donors (Lipinski definition) is 1. The lowest BCUT2D eigenvalue weighted by Crippen LogP contribution is -2.36. The first-order valence-electron chi connectivity index (χ1n) is 7.28. The van der Waals surface area contributed by atoms with Crippen molar-refractivity contribution in [1.29, 1.82) is 0 Å². The summed E-state index contributed by atoms with van der Waals surface area (Å²) >= 11 is 0. The first-order chi connectivity index (χ1) is 10.1. The van der Waals surface area contributed by atoms with Gasteiger partial charge < -0.3 is 10.1 Å². The van der Waals surface area contributed by atoms with E-state index in [1.807, 2.05) is 18.2 Å². The largest absolute Gasteiger partial charge is 0.491 e. The third kappa shape index (κ3) is 4.56. The SMILES string of the molecule is CC(=O)NC1CCN(CCOc2ccccc2C(C)=O)C1. The van der Waals surface area contributed by atoms with E-state index in [0.717, 1.165) is 26.1 Å². The number of ketones is 1. The Balaban J connectivity index is 1.78. The summed E-state index contributed by atoms with van der Waals surface area (Å²) in [6.07, 6.45) is 0.976. The number of nitrogens with zero attached hydrogens (tertiary/aromatic N) is 1. The van der Waals surface area contributed by atoms with Gasteiger partial charge in [0.05, 0.1) is 5.56 Å². The molecule has 1 amide bonds. The normalized spacial score (nSPS) is 18.5. The smallest absolute Gasteiger partial charge is 0.217 e. The second kappa shape index (κ2) is 7.22. The first kappa shape index (κ1) is 15.5. The van der Waals surface area contributed by atoms with Gasteiger partial charge in [0.1, 0.15) is 12.4 Å². The molecule has 1 N–H and O–H groups in total. The highest BCUT2D eigenvalue weighted by atomic mass is 16.5. The molecule has 0 bridgehead atoms. The molecule has 1 aliphatic rings. The van der Waals surface area contributed by atoms with Crippen LogP contribution in [0, 0.1) is 0 Å². The number of ether oxygens (including phenoxy) is 1. The van der Waals surface area contributed by atoms with E-state index in [4.69, 9.17) is 4.74 Å². The predicted molar refractivity (Wildman–Crippen MR) is 80.6 cm³/mol. The molecule has 1 aromatic rings. The summed E-state index contributed by atoms with van der Waals surface area (Å²) in [6.45, 7) is 6.24. The lowest BCUT2D eigenvalue weighted by Gasteiger charge is -2.17. The summed E-state index contributed by atoms with van der Waals surface area (Å²) in [7, 11) is 0. The maximum Gasteiger partial charge on any atom is 0.217 e. The zero-order chi connectivity index (χ0) is 15.2. The van der Waals surface area contributed by atoms with Crippen LogP contribution in [0.25, 0.3) is 0 Å². The molecule has 0 spiro atoms. The van der Waals surface area contributed by atoms with E-state index >= 15 is 0 Å². The Morgan fingerprint density at radius 3 is 2.81 bits per heavy atom. The molecule has 1 aliphatic heterocycles. The third-order valence-electron chi connectivity index (χ3n) is 3.61. The lowest BCUT2D eigenvalue weighted by molar-refractivity contribution is -0.119. The van der Waals surface area contributed by atoms with Gasteiger partial charge in [-0.3, -0.25) is 14.5 Å². The third-order valence-corrected chi connectivity index (χ3v) is 3.61. The number of amides is 1. The van der Waals surface area contributed by atoms with Gasteiger partial charge in [-0.05, 0) is 25.5 Å². The van der Waals surface area contributed by atoms with Crippen LogP contribution in [0.3, 0.4) is 0 Å². The molecular formula is C16H22N2O3. The molecular weight excluding hydrogens is 268 g/mol. The molecule has 5 nitrogen and oxygen atoms in total. The number of carbonyl (C=O) groups excluding carboxylic acids is 2. The molecule has 114 valence electrons. The fraction of sp³-hybridized carbons (Fsp3) is 0.500. The van der Waals surface area contributed by atoms with Gasteiger partial charge >= 0.3 is 0 Å². The van der Waals surface area contributed by atoms with Gasteiger partial charge in [-0.1, -0.05) is 12.1 Å². The molecule has 0 radical (unpaired) electrons. The van der Waals surface area contributed by atoms with E-state index in [0.29, 0.717) is 17.9 Å². The fourth-order valence-electron chi connectivity index (χ4n) is 2.61. The number of carbonyl (C=O) groups is 2. The zero-order valence-corrected chi connectivity index (χ0v) is 12.6. The minimum absolute atomic E-state index is 0.0116.